The molecule has 0 radical (unpaired) electrons. The Bertz CT molecular complexity index is 864. The fourth-order valence-electron chi connectivity index (χ4n) is 2.58. The van der Waals surface area contributed by atoms with Gasteiger partial charge in [-0.3, -0.25) is 9.47 Å². The van der Waals surface area contributed by atoms with Crippen molar-refractivity contribution in [3.05, 3.63) is 48.8 Å². The predicted octanol–water partition coefficient (Wildman–Crippen LogP) is 2.77. The number of aromatic nitrogens is 2. The lowest BCUT2D eigenvalue weighted by molar-refractivity contribution is -0.117. The molecule has 1 aromatic carbocycles. The van der Waals surface area contributed by atoms with E-state index in [9.17, 15) is 4.79 Å². The summed E-state index contributed by atoms with van der Waals surface area (Å²) in [5.41, 5.74) is 1.99. The van der Waals surface area contributed by atoms with Crippen molar-refractivity contribution in [2.45, 2.75) is 12.8 Å². The number of amides is 1. The lowest BCUT2D eigenvalue weighted by Gasteiger charge is -2.07. The minimum Gasteiger partial charge on any atom is -0.339 e. The molecular weight excluding hydrogens is 276 g/mol. The van der Waals surface area contributed by atoms with E-state index in [1.54, 1.807) is 10.9 Å². The van der Waals surface area contributed by atoms with Crippen molar-refractivity contribution in [3.63, 3.8) is 0 Å². The van der Waals surface area contributed by atoms with Crippen molar-refractivity contribution in [3.8, 4) is 11.3 Å². The first kappa shape index (κ1) is 12.9. The molecule has 2 aromatic heterocycles. The molecule has 5 nitrogen and oxygen atoms in total. The number of fused-ring (bicyclic) bond motifs is 1. The van der Waals surface area contributed by atoms with Crippen LogP contribution in [0.2, 0.25) is 0 Å². The van der Waals surface area contributed by atoms with E-state index in [1.807, 2.05) is 42.6 Å². The number of anilines is 1. The monoisotopic (exact) mass is 292 g/mol. The third-order valence-electron chi connectivity index (χ3n) is 4.00. The zero-order valence-corrected chi connectivity index (χ0v) is 12.0. The Hall–Kier alpha value is -2.82. The molecule has 4 rings (SSSR count). The van der Waals surface area contributed by atoms with Crippen LogP contribution in [0.15, 0.2) is 48.8 Å². The lowest BCUT2D eigenvalue weighted by Crippen LogP contribution is -2.14. The highest BCUT2D eigenvalue weighted by molar-refractivity contribution is 5.95. The summed E-state index contributed by atoms with van der Waals surface area (Å²) in [7, 11) is 0. The molecule has 22 heavy (non-hydrogen) atoms. The average Bonchev–Trinajstić information content (AvgIpc) is 3.29. The number of nitrogens with one attached hydrogen (secondary N) is 1. The van der Waals surface area contributed by atoms with Gasteiger partial charge in [-0.05, 0) is 42.5 Å². The highest BCUT2D eigenvalue weighted by Gasteiger charge is 2.29. The third kappa shape index (κ3) is 2.30. The Morgan fingerprint density at radius 2 is 2.09 bits per heavy atom. The lowest BCUT2D eigenvalue weighted by atomic mass is 10.1. The van der Waals surface area contributed by atoms with E-state index in [0.29, 0.717) is 5.82 Å². The van der Waals surface area contributed by atoms with Crippen LogP contribution in [0.25, 0.3) is 22.0 Å². The van der Waals surface area contributed by atoms with Gasteiger partial charge in [-0.25, -0.2) is 4.98 Å². The number of pyridine rings is 1. The van der Waals surface area contributed by atoms with E-state index in [1.165, 1.54) is 0 Å². The molecule has 0 saturated heterocycles. The van der Waals surface area contributed by atoms with Gasteiger partial charge in [-0.15, -0.1) is 0 Å². The van der Waals surface area contributed by atoms with Gasteiger partial charge in [0.25, 0.3) is 0 Å². The first-order chi connectivity index (χ1) is 10.7. The maximum atomic E-state index is 11.8. The van der Waals surface area contributed by atoms with Crippen LogP contribution in [0.3, 0.4) is 0 Å². The molecule has 110 valence electrons. The number of hydrogen-bond acceptors (Lipinski definition) is 3. The fourth-order valence-corrected chi connectivity index (χ4v) is 2.58. The van der Waals surface area contributed by atoms with E-state index in [0.717, 1.165) is 34.9 Å². The Morgan fingerprint density at radius 3 is 2.82 bits per heavy atom. The zero-order chi connectivity index (χ0) is 15.1. The van der Waals surface area contributed by atoms with Crippen LogP contribution >= 0.6 is 0 Å². The fraction of sp³-hybridized carbons (Fsp3) is 0.176. The van der Waals surface area contributed by atoms with E-state index < -0.39 is 0 Å². The maximum Gasteiger partial charge on any atom is 0.228 e. The van der Waals surface area contributed by atoms with E-state index in [-0.39, 0.29) is 11.8 Å². The Labute approximate surface area is 127 Å². The van der Waals surface area contributed by atoms with Crippen molar-refractivity contribution < 1.29 is 4.79 Å². The van der Waals surface area contributed by atoms with Crippen LogP contribution in [-0.2, 0) is 4.79 Å². The molecule has 0 aliphatic heterocycles. The molecule has 2 heterocycles. The summed E-state index contributed by atoms with van der Waals surface area (Å²) in [5.74, 6) is 6.75. The smallest absolute Gasteiger partial charge is 0.228 e. The first-order valence-corrected chi connectivity index (χ1v) is 7.34. The number of nitrogen functional groups attached to an aromatic ring is 1. The van der Waals surface area contributed by atoms with Crippen LogP contribution in [-0.4, -0.2) is 15.6 Å². The first-order valence-electron chi connectivity index (χ1n) is 7.34. The highest BCUT2D eigenvalue weighted by atomic mass is 16.2. The summed E-state index contributed by atoms with van der Waals surface area (Å²) in [5, 5.41) is 4.93. The Morgan fingerprint density at radius 1 is 1.23 bits per heavy atom. The van der Waals surface area contributed by atoms with Crippen LogP contribution < -0.4 is 11.2 Å². The normalized spacial score (nSPS) is 14.2. The van der Waals surface area contributed by atoms with Gasteiger partial charge in [0.1, 0.15) is 5.82 Å². The summed E-state index contributed by atoms with van der Waals surface area (Å²) in [6.07, 6.45) is 5.57. The van der Waals surface area contributed by atoms with Gasteiger partial charge in [0.05, 0.1) is 5.69 Å². The molecule has 1 amide bonds. The van der Waals surface area contributed by atoms with Crippen molar-refractivity contribution in [2.24, 2.45) is 5.92 Å². The van der Waals surface area contributed by atoms with Gasteiger partial charge >= 0.3 is 0 Å². The standard InChI is InChI=1S/C17H16N4O/c18-21-7-1-2-15(21)13-6-5-12-9-16(19-10-14(12)8-13)20-17(22)11-3-4-11/h1-2,5-11H,3-4,18H2,(H,19,20,22). The third-order valence-corrected chi connectivity index (χ3v) is 4.00. The summed E-state index contributed by atoms with van der Waals surface area (Å²) < 4.78 is 1.60. The largest absolute Gasteiger partial charge is 0.339 e. The maximum absolute atomic E-state index is 11.8. The molecule has 3 aromatic rings. The van der Waals surface area contributed by atoms with Gasteiger partial charge < -0.3 is 11.2 Å². The number of rotatable bonds is 3. The molecule has 1 aliphatic carbocycles. The molecule has 0 atom stereocenters. The van der Waals surface area contributed by atoms with Gasteiger partial charge in [-0.1, -0.05) is 12.1 Å². The second-order valence-corrected chi connectivity index (χ2v) is 5.70. The summed E-state index contributed by atoms with van der Waals surface area (Å²) in [6.45, 7) is 0. The Balaban J connectivity index is 1.67. The van der Waals surface area contributed by atoms with Gasteiger partial charge in [0, 0.05) is 29.3 Å². The molecule has 5 heteroatoms. The molecule has 0 unspecified atom stereocenters. The van der Waals surface area contributed by atoms with E-state index in [2.05, 4.69) is 10.3 Å². The van der Waals surface area contributed by atoms with Gasteiger partial charge in [0.15, 0.2) is 0 Å². The molecular formula is C17H16N4O. The second kappa shape index (κ2) is 4.87. The zero-order valence-electron chi connectivity index (χ0n) is 12.0. The average molecular weight is 292 g/mol. The number of benzene rings is 1. The molecule has 1 fully saturated rings. The Kier molecular flexibility index (Phi) is 2.85. The van der Waals surface area contributed by atoms with E-state index in [4.69, 9.17) is 5.84 Å². The molecule has 1 aliphatic rings. The van der Waals surface area contributed by atoms with E-state index >= 15 is 0 Å². The number of nitrogens with zero attached hydrogens (tertiary/aromatic N) is 2. The minimum atomic E-state index is 0.0735. The van der Waals surface area contributed by atoms with Gasteiger partial charge in [0.2, 0.25) is 5.91 Å². The molecule has 0 bridgehead atoms. The quantitative estimate of drug-likeness (QED) is 0.729. The number of carbonyl (C=O) groups excluding carboxylic acids is 1. The summed E-state index contributed by atoms with van der Waals surface area (Å²) in [6, 6.07) is 11.9. The topological polar surface area (TPSA) is 72.9 Å². The van der Waals surface area contributed by atoms with Crippen LogP contribution in [0.1, 0.15) is 12.8 Å². The molecule has 0 spiro atoms. The highest BCUT2D eigenvalue weighted by Crippen LogP contribution is 2.30. The minimum absolute atomic E-state index is 0.0735. The van der Waals surface area contributed by atoms with Crippen molar-refractivity contribution in [2.75, 3.05) is 11.2 Å². The predicted molar refractivity (Wildman–Crippen MR) is 86.7 cm³/mol. The van der Waals surface area contributed by atoms with Crippen molar-refractivity contribution in [1.29, 1.82) is 0 Å². The molecule has 1 saturated carbocycles. The number of carbonyl (C=O) groups is 1. The van der Waals surface area contributed by atoms with Crippen molar-refractivity contribution in [1.82, 2.24) is 9.66 Å². The summed E-state index contributed by atoms with van der Waals surface area (Å²) in [4.78, 5) is 16.1. The summed E-state index contributed by atoms with van der Waals surface area (Å²) >= 11 is 0. The number of nitrogens with two attached hydrogens (primary N) is 1. The second-order valence-electron chi connectivity index (χ2n) is 5.70. The van der Waals surface area contributed by atoms with Crippen molar-refractivity contribution >= 4 is 22.5 Å². The van der Waals surface area contributed by atoms with Crippen LogP contribution in [0.4, 0.5) is 5.82 Å². The van der Waals surface area contributed by atoms with Crippen LogP contribution in [0.5, 0.6) is 0 Å². The number of hydrogen-bond donors (Lipinski definition) is 2. The molecule has 3 N–H and O–H groups in total. The van der Waals surface area contributed by atoms with Crippen LogP contribution in [0, 0.1) is 5.92 Å². The van der Waals surface area contributed by atoms with Gasteiger partial charge in [-0.2, -0.15) is 0 Å². The SMILES string of the molecule is Nn1cccc1-c1ccc2cc(NC(=O)C3CC3)ncc2c1.